The predicted molar refractivity (Wildman–Crippen MR) is 84.9 cm³/mol. The molecular formula is C18H24F4N2. The highest BCUT2D eigenvalue weighted by Crippen LogP contribution is 2.53. The number of nitrogens with zero attached hydrogens (tertiary/aromatic N) is 1. The van der Waals surface area contributed by atoms with E-state index in [9.17, 15) is 17.6 Å². The summed E-state index contributed by atoms with van der Waals surface area (Å²) in [5, 5.41) is 0. The van der Waals surface area contributed by atoms with Crippen LogP contribution >= 0.6 is 0 Å². The molecule has 0 aliphatic heterocycles. The van der Waals surface area contributed by atoms with Gasteiger partial charge in [-0.05, 0) is 63.1 Å². The molecule has 0 atom stereocenters. The van der Waals surface area contributed by atoms with Gasteiger partial charge in [-0.25, -0.2) is 4.39 Å². The molecule has 0 bridgehead atoms. The second kappa shape index (κ2) is 5.70. The molecule has 0 amide bonds. The Bertz CT molecular complexity index is 610. The van der Waals surface area contributed by atoms with Gasteiger partial charge >= 0.3 is 6.18 Å². The standard InChI is InChI=1S/C18H24F4N2/c1-16(2,23)11-24(10-12-3-4-12)17(7-8-17)13-5-6-15(19)14(9-13)18(20,21)22/h5-6,9,12H,3-4,7-8,10-11,23H2,1-2H3. The van der Waals surface area contributed by atoms with Crippen LogP contribution in [0.5, 0.6) is 0 Å². The lowest BCUT2D eigenvalue weighted by atomic mass is 9.96. The number of alkyl halides is 3. The van der Waals surface area contributed by atoms with Gasteiger partial charge in [-0.15, -0.1) is 0 Å². The summed E-state index contributed by atoms with van der Waals surface area (Å²) in [7, 11) is 0. The first-order valence-electron chi connectivity index (χ1n) is 8.42. The van der Waals surface area contributed by atoms with Crippen LogP contribution < -0.4 is 5.73 Å². The Morgan fingerprint density at radius 3 is 2.29 bits per heavy atom. The first-order chi connectivity index (χ1) is 11.0. The molecule has 1 aromatic carbocycles. The Hall–Kier alpha value is -1.14. The summed E-state index contributed by atoms with van der Waals surface area (Å²) in [6.07, 6.45) is -0.772. The van der Waals surface area contributed by atoms with Crippen molar-refractivity contribution in [2.45, 2.75) is 56.8 Å². The van der Waals surface area contributed by atoms with Crippen LogP contribution in [0, 0.1) is 11.7 Å². The van der Waals surface area contributed by atoms with Gasteiger partial charge in [-0.2, -0.15) is 13.2 Å². The minimum absolute atomic E-state index is 0.424. The van der Waals surface area contributed by atoms with E-state index in [1.807, 2.05) is 13.8 Å². The maximum Gasteiger partial charge on any atom is 0.419 e. The highest BCUT2D eigenvalue weighted by molar-refractivity contribution is 5.36. The normalized spacial score (nSPS) is 20.5. The van der Waals surface area contributed by atoms with E-state index in [4.69, 9.17) is 5.73 Å². The Kier molecular flexibility index (Phi) is 4.20. The summed E-state index contributed by atoms with van der Waals surface area (Å²) in [4.78, 5) is 2.23. The minimum atomic E-state index is -4.68. The van der Waals surface area contributed by atoms with E-state index in [0.717, 1.165) is 44.4 Å². The Morgan fingerprint density at radius 1 is 1.21 bits per heavy atom. The fourth-order valence-electron chi connectivity index (χ4n) is 3.43. The molecule has 3 rings (SSSR count). The molecule has 24 heavy (non-hydrogen) atoms. The fourth-order valence-corrected chi connectivity index (χ4v) is 3.43. The molecule has 134 valence electrons. The maximum absolute atomic E-state index is 13.6. The molecule has 1 aromatic rings. The Balaban J connectivity index is 1.93. The molecule has 2 N–H and O–H groups in total. The highest BCUT2D eigenvalue weighted by atomic mass is 19.4. The summed E-state index contributed by atoms with van der Waals surface area (Å²) >= 11 is 0. The topological polar surface area (TPSA) is 29.3 Å². The van der Waals surface area contributed by atoms with Crippen molar-refractivity contribution in [1.29, 1.82) is 0 Å². The average molecular weight is 344 g/mol. The van der Waals surface area contributed by atoms with Crippen molar-refractivity contribution >= 4 is 0 Å². The van der Waals surface area contributed by atoms with Gasteiger partial charge in [0.1, 0.15) is 5.82 Å². The molecule has 2 aliphatic carbocycles. The fraction of sp³-hybridized carbons (Fsp3) is 0.667. The highest BCUT2D eigenvalue weighted by Gasteiger charge is 2.52. The first kappa shape index (κ1) is 17.7. The number of rotatable bonds is 6. The first-order valence-corrected chi connectivity index (χ1v) is 8.42. The van der Waals surface area contributed by atoms with Crippen LogP contribution in [0.15, 0.2) is 18.2 Å². The molecular weight excluding hydrogens is 320 g/mol. The van der Waals surface area contributed by atoms with Gasteiger partial charge in [0.2, 0.25) is 0 Å². The van der Waals surface area contributed by atoms with Gasteiger partial charge in [-0.1, -0.05) is 6.07 Å². The molecule has 2 fully saturated rings. The third-order valence-electron chi connectivity index (χ3n) is 4.91. The second-order valence-corrected chi connectivity index (χ2v) is 8.04. The smallest absolute Gasteiger partial charge is 0.324 e. The van der Waals surface area contributed by atoms with Crippen molar-refractivity contribution in [2.75, 3.05) is 13.1 Å². The summed E-state index contributed by atoms with van der Waals surface area (Å²) in [5.74, 6) is -0.609. The van der Waals surface area contributed by atoms with E-state index >= 15 is 0 Å². The largest absolute Gasteiger partial charge is 0.419 e. The van der Waals surface area contributed by atoms with Crippen molar-refractivity contribution in [3.8, 4) is 0 Å². The molecule has 2 saturated carbocycles. The third kappa shape index (κ3) is 3.75. The van der Waals surface area contributed by atoms with Gasteiger partial charge in [0.25, 0.3) is 0 Å². The van der Waals surface area contributed by atoms with Gasteiger partial charge in [-0.3, -0.25) is 4.90 Å². The monoisotopic (exact) mass is 344 g/mol. The zero-order valence-electron chi connectivity index (χ0n) is 14.1. The lowest BCUT2D eigenvalue weighted by Crippen LogP contribution is -2.50. The van der Waals surface area contributed by atoms with Gasteiger partial charge < -0.3 is 5.73 Å². The van der Waals surface area contributed by atoms with Crippen LogP contribution in [-0.2, 0) is 11.7 Å². The van der Waals surface area contributed by atoms with E-state index in [-0.39, 0.29) is 0 Å². The van der Waals surface area contributed by atoms with Crippen LogP contribution in [0.2, 0.25) is 0 Å². The van der Waals surface area contributed by atoms with Crippen LogP contribution in [0.1, 0.15) is 50.7 Å². The summed E-state index contributed by atoms with van der Waals surface area (Å²) in [5.41, 5.74) is 4.70. The molecule has 0 aromatic heterocycles. The van der Waals surface area contributed by atoms with Crippen molar-refractivity contribution in [1.82, 2.24) is 4.90 Å². The molecule has 0 radical (unpaired) electrons. The Labute approximate surface area is 140 Å². The SMILES string of the molecule is CC(C)(N)CN(CC1CC1)C1(c2ccc(F)c(C(F)(F)F)c2)CC1. The van der Waals surface area contributed by atoms with Crippen LogP contribution in [0.4, 0.5) is 17.6 Å². The molecule has 0 spiro atoms. The zero-order chi connectivity index (χ0) is 17.8. The summed E-state index contributed by atoms with van der Waals surface area (Å²) in [6.45, 7) is 5.31. The van der Waals surface area contributed by atoms with Crippen molar-refractivity contribution < 1.29 is 17.6 Å². The van der Waals surface area contributed by atoms with Crippen molar-refractivity contribution in [2.24, 2.45) is 11.7 Å². The quantitative estimate of drug-likeness (QED) is 0.781. The zero-order valence-corrected chi connectivity index (χ0v) is 14.1. The van der Waals surface area contributed by atoms with E-state index in [2.05, 4.69) is 4.90 Å². The molecule has 0 unspecified atom stereocenters. The molecule has 0 heterocycles. The van der Waals surface area contributed by atoms with Crippen molar-refractivity contribution in [3.05, 3.63) is 35.1 Å². The van der Waals surface area contributed by atoms with Crippen LogP contribution in [-0.4, -0.2) is 23.5 Å². The van der Waals surface area contributed by atoms with Gasteiger partial charge in [0.05, 0.1) is 5.56 Å². The third-order valence-corrected chi connectivity index (χ3v) is 4.91. The van der Waals surface area contributed by atoms with E-state index in [1.54, 1.807) is 0 Å². The number of hydrogen-bond donors (Lipinski definition) is 1. The second-order valence-electron chi connectivity index (χ2n) is 8.04. The van der Waals surface area contributed by atoms with Crippen LogP contribution in [0.25, 0.3) is 0 Å². The van der Waals surface area contributed by atoms with Gasteiger partial charge in [0, 0.05) is 24.2 Å². The lowest BCUT2D eigenvalue weighted by molar-refractivity contribution is -0.140. The number of halogens is 4. The van der Waals surface area contributed by atoms with Gasteiger partial charge in [0.15, 0.2) is 0 Å². The molecule has 2 nitrogen and oxygen atoms in total. The van der Waals surface area contributed by atoms with Crippen molar-refractivity contribution in [3.63, 3.8) is 0 Å². The number of benzene rings is 1. The van der Waals surface area contributed by atoms with E-state index in [1.165, 1.54) is 6.07 Å². The molecule has 2 aliphatic rings. The Morgan fingerprint density at radius 2 is 1.83 bits per heavy atom. The maximum atomic E-state index is 13.6. The van der Waals surface area contributed by atoms with E-state index < -0.39 is 28.6 Å². The summed E-state index contributed by atoms with van der Waals surface area (Å²) < 4.78 is 52.8. The average Bonchev–Trinajstić information content (AvgIpc) is 3.30. The number of nitrogens with two attached hydrogens (primary N) is 1. The van der Waals surface area contributed by atoms with E-state index in [0.29, 0.717) is 18.0 Å². The molecule has 0 saturated heterocycles. The van der Waals surface area contributed by atoms with Crippen LogP contribution in [0.3, 0.4) is 0 Å². The predicted octanol–water partition coefficient (Wildman–Crippen LogP) is 4.28. The minimum Gasteiger partial charge on any atom is -0.324 e. The number of hydrogen-bond acceptors (Lipinski definition) is 2. The lowest BCUT2D eigenvalue weighted by Gasteiger charge is -2.37. The molecule has 6 heteroatoms. The summed E-state index contributed by atoms with van der Waals surface area (Å²) in [6, 6.07) is 3.44.